The number of carbonyl (C=O) groups excluding carboxylic acids is 1. The number of fused-ring (bicyclic) bond motifs is 1. The molecule has 0 spiro atoms. The Labute approximate surface area is 146 Å². The van der Waals surface area contributed by atoms with Gasteiger partial charge in [-0.1, -0.05) is 0 Å². The maximum Gasteiger partial charge on any atom is 0.254 e. The summed E-state index contributed by atoms with van der Waals surface area (Å²) in [5.41, 5.74) is 1.21. The molecule has 0 saturated carbocycles. The fraction of sp³-hybridized carbons (Fsp3) is 0.353. The number of likely N-dealkylation sites (N-methyl/N-ethyl adjacent to an activating group) is 1. The van der Waals surface area contributed by atoms with Gasteiger partial charge in [0.15, 0.2) is 11.5 Å². The molecular weight excluding hydrogens is 322 g/mol. The van der Waals surface area contributed by atoms with E-state index in [0.717, 1.165) is 18.0 Å². The first-order valence-corrected chi connectivity index (χ1v) is 8.03. The second kappa shape index (κ2) is 7.80. The van der Waals surface area contributed by atoms with Gasteiger partial charge in [0.2, 0.25) is 5.95 Å². The summed E-state index contributed by atoms with van der Waals surface area (Å²) in [6, 6.07) is 5.53. The van der Waals surface area contributed by atoms with Gasteiger partial charge in [0.05, 0.1) is 5.56 Å². The third-order valence-corrected chi connectivity index (χ3v) is 3.56. The number of hydrogen-bond acceptors (Lipinski definition) is 7. The fourth-order valence-corrected chi connectivity index (χ4v) is 2.26. The highest BCUT2D eigenvalue weighted by Crippen LogP contribution is 2.33. The lowest BCUT2D eigenvalue weighted by atomic mass is 10.2. The number of benzene rings is 1. The first kappa shape index (κ1) is 17.0. The number of amides is 1. The highest BCUT2D eigenvalue weighted by atomic mass is 16.6. The Morgan fingerprint density at radius 3 is 2.60 bits per heavy atom. The maximum absolute atomic E-state index is 12.0. The van der Waals surface area contributed by atoms with E-state index in [4.69, 9.17) is 9.47 Å². The SMILES string of the molecule is CN(C)CCNC(=O)c1cnc(Nc2ccc3c(c2)OCCO3)nc1. The molecule has 0 unspecified atom stereocenters. The summed E-state index contributed by atoms with van der Waals surface area (Å²) in [4.78, 5) is 22.4. The molecule has 8 nitrogen and oxygen atoms in total. The van der Waals surface area contributed by atoms with E-state index in [1.54, 1.807) is 0 Å². The van der Waals surface area contributed by atoms with Crippen molar-refractivity contribution < 1.29 is 14.3 Å². The molecular formula is C17H21N5O3. The zero-order valence-corrected chi connectivity index (χ0v) is 14.3. The lowest BCUT2D eigenvalue weighted by Crippen LogP contribution is -2.31. The van der Waals surface area contributed by atoms with E-state index >= 15 is 0 Å². The quantitative estimate of drug-likeness (QED) is 0.817. The van der Waals surface area contributed by atoms with Crippen LogP contribution in [0.3, 0.4) is 0 Å². The van der Waals surface area contributed by atoms with Crippen molar-refractivity contribution in [1.29, 1.82) is 0 Å². The topological polar surface area (TPSA) is 88.6 Å². The summed E-state index contributed by atoms with van der Waals surface area (Å²) in [5.74, 6) is 1.63. The van der Waals surface area contributed by atoms with Crippen LogP contribution in [0.5, 0.6) is 11.5 Å². The number of aromatic nitrogens is 2. The van der Waals surface area contributed by atoms with Gasteiger partial charge < -0.3 is 25.0 Å². The molecule has 0 saturated heterocycles. The van der Waals surface area contributed by atoms with Crippen LogP contribution >= 0.6 is 0 Å². The number of carbonyl (C=O) groups is 1. The van der Waals surface area contributed by atoms with E-state index in [9.17, 15) is 4.79 Å². The van der Waals surface area contributed by atoms with Crippen LogP contribution < -0.4 is 20.1 Å². The molecule has 2 heterocycles. The Hall–Kier alpha value is -2.87. The van der Waals surface area contributed by atoms with Crippen LogP contribution in [0.2, 0.25) is 0 Å². The molecule has 2 aromatic rings. The van der Waals surface area contributed by atoms with Crippen LogP contribution in [0, 0.1) is 0 Å². The number of rotatable bonds is 6. The Morgan fingerprint density at radius 2 is 1.88 bits per heavy atom. The molecule has 1 aromatic heterocycles. The van der Waals surface area contributed by atoms with E-state index in [0.29, 0.717) is 37.0 Å². The van der Waals surface area contributed by atoms with Crippen molar-refractivity contribution in [3.8, 4) is 11.5 Å². The lowest BCUT2D eigenvalue weighted by Gasteiger charge is -2.19. The minimum Gasteiger partial charge on any atom is -0.486 e. The Kier molecular flexibility index (Phi) is 5.30. The van der Waals surface area contributed by atoms with Crippen LogP contribution in [0.25, 0.3) is 0 Å². The van der Waals surface area contributed by atoms with Crippen LogP contribution in [0.15, 0.2) is 30.6 Å². The third-order valence-electron chi connectivity index (χ3n) is 3.56. The molecule has 0 aliphatic carbocycles. The average molecular weight is 343 g/mol. The van der Waals surface area contributed by atoms with Crippen molar-refractivity contribution in [2.75, 3.05) is 45.7 Å². The number of nitrogens with zero attached hydrogens (tertiary/aromatic N) is 3. The minimum atomic E-state index is -0.187. The second-order valence-corrected chi connectivity index (χ2v) is 5.84. The van der Waals surface area contributed by atoms with Gasteiger partial charge in [0.1, 0.15) is 13.2 Å². The molecule has 8 heteroatoms. The zero-order chi connectivity index (χ0) is 17.6. The summed E-state index contributed by atoms with van der Waals surface area (Å²) < 4.78 is 11.0. The molecule has 3 rings (SSSR count). The lowest BCUT2D eigenvalue weighted by molar-refractivity contribution is 0.0950. The highest BCUT2D eigenvalue weighted by molar-refractivity contribution is 5.93. The summed E-state index contributed by atoms with van der Waals surface area (Å²) >= 11 is 0. The molecule has 1 amide bonds. The second-order valence-electron chi connectivity index (χ2n) is 5.84. The fourth-order valence-electron chi connectivity index (χ4n) is 2.26. The van der Waals surface area contributed by atoms with Crippen LogP contribution in [0.1, 0.15) is 10.4 Å². The Bertz CT molecular complexity index is 734. The smallest absolute Gasteiger partial charge is 0.254 e. The first-order valence-electron chi connectivity index (χ1n) is 8.03. The Morgan fingerprint density at radius 1 is 1.16 bits per heavy atom. The van der Waals surface area contributed by atoms with Crippen molar-refractivity contribution >= 4 is 17.5 Å². The molecule has 132 valence electrons. The molecule has 0 atom stereocenters. The highest BCUT2D eigenvalue weighted by Gasteiger charge is 2.12. The molecule has 2 N–H and O–H groups in total. The molecule has 0 radical (unpaired) electrons. The number of nitrogens with one attached hydrogen (secondary N) is 2. The first-order chi connectivity index (χ1) is 12.1. The van der Waals surface area contributed by atoms with E-state index in [1.807, 2.05) is 37.2 Å². The van der Waals surface area contributed by atoms with E-state index in [2.05, 4.69) is 20.6 Å². The average Bonchev–Trinajstić information content (AvgIpc) is 2.62. The molecule has 25 heavy (non-hydrogen) atoms. The van der Waals surface area contributed by atoms with Gasteiger partial charge in [0.25, 0.3) is 5.91 Å². The van der Waals surface area contributed by atoms with Crippen LogP contribution in [0.4, 0.5) is 11.6 Å². The summed E-state index contributed by atoms with van der Waals surface area (Å²) in [6.07, 6.45) is 3.00. The van der Waals surface area contributed by atoms with Gasteiger partial charge in [-0.3, -0.25) is 4.79 Å². The van der Waals surface area contributed by atoms with Gasteiger partial charge in [-0.15, -0.1) is 0 Å². The number of hydrogen-bond donors (Lipinski definition) is 2. The van der Waals surface area contributed by atoms with E-state index in [1.165, 1.54) is 12.4 Å². The third kappa shape index (κ3) is 4.57. The standard InChI is InChI=1S/C17H21N5O3/c1-22(2)6-5-18-16(23)12-10-19-17(20-11-12)21-13-3-4-14-15(9-13)25-8-7-24-14/h3-4,9-11H,5-8H2,1-2H3,(H,18,23)(H,19,20,21). The molecule has 1 aliphatic rings. The molecule has 0 fully saturated rings. The van der Waals surface area contributed by atoms with E-state index in [-0.39, 0.29) is 5.91 Å². The Balaban J connectivity index is 1.60. The van der Waals surface area contributed by atoms with Gasteiger partial charge in [-0.05, 0) is 26.2 Å². The zero-order valence-electron chi connectivity index (χ0n) is 14.3. The predicted octanol–water partition coefficient (Wildman–Crippen LogP) is 1.28. The largest absolute Gasteiger partial charge is 0.486 e. The number of ether oxygens (including phenoxy) is 2. The molecule has 0 bridgehead atoms. The number of anilines is 2. The van der Waals surface area contributed by atoms with E-state index < -0.39 is 0 Å². The van der Waals surface area contributed by atoms with Gasteiger partial charge in [-0.25, -0.2) is 9.97 Å². The maximum atomic E-state index is 12.0. The van der Waals surface area contributed by atoms with Crippen molar-refractivity contribution in [1.82, 2.24) is 20.2 Å². The predicted molar refractivity (Wildman–Crippen MR) is 93.6 cm³/mol. The van der Waals surface area contributed by atoms with Gasteiger partial charge in [-0.2, -0.15) is 0 Å². The normalized spacial score (nSPS) is 12.8. The molecule has 1 aromatic carbocycles. The molecule has 1 aliphatic heterocycles. The summed E-state index contributed by atoms with van der Waals surface area (Å²) in [5, 5.41) is 5.90. The summed E-state index contributed by atoms with van der Waals surface area (Å²) in [7, 11) is 3.90. The minimum absolute atomic E-state index is 0.187. The van der Waals surface area contributed by atoms with Crippen molar-refractivity contribution in [3.05, 3.63) is 36.2 Å². The summed E-state index contributed by atoms with van der Waals surface area (Å²) in [6.45, 7) is 2.44. The monoisotopic (exact) mass is 343 g/mol. The van der Waals surface area contributed by atoms with Crippen LogP contribution in [-0.4, -0.2) is 61.2 Å². The van der Waals surface area contributed by atoms with Gasteiger partial charge >= 0.3 is 0 Å². The van der Waals surface area contributed by atoms with Crippen molar-refractivity contribution in [2.45, 2.75) is 0 Å². The van der Waals surface area contributed by atoms with Crippen LogP contribution in [-0.2, 0) is 0 Å². The van der Waals surface area contributed by atoms with Crippen molar-refractivity contribution in [3.63, 3.8) is 0 Å². The van der Waals surface area contributed by atoms with Gasteiger partial charge in [0, 0.05) is 37.2 Å². The van der Waals surface area contributed by atoms with Crippen molar-refractivity contribution in [2.24, 2.45) is 0 Å².